The summed E-state index contributed by atoms with van der Waals surface area (Å²) in [7, 11) is 0. The van der Waals surface area contributed by atoms with E-state index in [-0.39, 0.29) is 5.82 Å². The minimum Gasteiger partial charge on any atom is -0.337 e. The van der Waals surface area contributed by atoms with Gasteiger partial charge in [0.25, 0.3) is 0 Å². The summed E-state index contributed by atoms with van der Waals surface area (Å²) in [4.78, 5) is 3.71. The van der Waals surface area contributed by atoms with E-state index in [1.807, 2.05) is 6.92 Å². The number of aromatic nitrogens is 3. The van der Waals surface area contributed by atoms with Crippen LogP contribution in [0.4, 0.5) is 24.7 Å². The first-order chi connectivity index (χ1) is 8.50. The van der Waals surface area contributed by atoms with Crippen molar-refractivity contribution < 1.29 is 13.2 Å². The van der Waals surface area contributed by atoms with E-state index < -0.39 is 11.7 Å². The standard InChI is InChI=1S/C11H11F3N4/c1-2-18-7-8(6-16-18)17-10-9(11(12,13)14)4-3-5-15-10/h3-7H,2H2,1H3,(H,15,17). The number of nitrogens with zero attached hydrogens (tertiary/aromatic N) is 3. The van der Waals surface area contributed by atoms with Crippen LogP contribution in [-0.4, -0.2) is 14.8 Å². The Morgan fingerprint density at radius 1 is 1.39 bits per heavy atom. The molecule has 0 aromatic carbocycles. The van der Waals surface area contributed by atoms with Gasteiger partial charge in [-0.3, -0.25) is 4.68 Å². The number of pyridine rings is 1. The Balaban J connectivity index is 2.29. The van der Waals surface area contributed by atoms with E-state index in [2.05, 4.69) is 15.4 Å². The third kappa shape index (κ3) is 2.61. The van der Waals surface area contributed by atoms with Gasteiger partial charge in [-0.05, 0) is 19.1 Å². The van der Waals surface area contributed by atoms with Gasteiger partial charge in [-0.1, -0.05) is 0 Å². The quantitative estimate of drug-likeness (QED) is 0.917. The Hall–Kier alpha value is -2.05. The van der Waals surface area contributed by atoms with Crippen molar-refractivity contribution in [1.82, 2.24) is 14.8 Å². The molecule has 2 heterocycles. The normalized spacial score (nSPS) is 11.6. The molecule has 18 heavy (non-hydrogen) atoms. The Kier molecular flexibility index (Phi) is 3.22. The van der Waals surface area contributed by atoms with Gasteiger partial charge in [0.15, 0.2) is 0 Å². The fourth-order valence-electron chi connectivity index (χ4n) is 1.47. The molecule has 0 aliphatic carbocycles. The van der Waals surface area contributed by atoms with E-state index in [4.69, 9.17) is 0 Å². The van der Waals surface area contributed by atoms with Crippen molar-refractivity contribution in [1.29, 1.82) is 0 Å². The molecule has 0 spiro atoms. The topological polar surface area (TPSA) is 42.7 Å². The van der Waals surface area contributed by atoms with Crippen LogP contribution in [0.15, 0.2) is 30.7 Å². The van der Waals surface area contributed by atoms with Crippen LogP contribution in [-0.2, 0) is 12.7 Å². The lowest BCUT2D eigenvalue weighted by Crippen LogP contribution is -2.09. The summed E-state index contributed by atoms with van der Waals surface area (Å²) in [5.41, 5.74) is -0.324. The average molecular weight is 256 g/mol. The SMILES string of the molecule is CCn1cc(Nc2ncccc2C(F)(F)F)cn1. The second-order valence-corrected chi connectivity index (χ2v) is 3.61. The Labute approximate surface area is 101 Å². The highest BCUT2D eigenvalue weighted by Gasteiger charge is 2.34. The summed E-state index contributed by atoms with van der Waals surface area (Å²) in [5, 5.41) is 6.59. The maximum atomic E-state index is 12.7. The van der Waals surface area contributed by atoms with Crippen LogP contribution < -0.4 is 5.32 Å². The molecular weight excluding hydrogens is 245 g/mol. The molecule has 0 amide bonds. The van der Waals surface area contributed by atoms with Gasteiger partial charge in [-0.2, -0.15) is 18.3 Å². The average Bonchev–Trinajstić information content (AvgIpc) is 2.76. The minimum atomic E-state index is -4.43. The van der Waals surface area contributed by atoms with E-state index in [0.29, 0.717) is 12.2 Å². The summed E-state index contributed by atoms with van der Waals surface area (Å²) >= 11 is 0. The van der Waals surface area contributed by atoms with Gasteiger partial charge >= 0.3 is 6.18 Å². The fraction of sp³-hybridized carbons (Fsp3) is 0.273. The van der Waals surface area contributed by atoms with Crippen LogP contribution in [0, 0.1) is 0 Å². The summed E-state index contributed by atoms with van der Waals surface area (Å²) in [6, 6.07) is 2.24. The molecule has 0 radical (unpaired) electrons. The Bertz CT molecular complexity index is 533. The van der Waals surface area contributed by atoms with Crippen LogP contribution in [0.25, 0.3) is 0 Å². The summed E-state index contributed by atoms with van der Waals surface area (Å²) < 4.78 is 39.8. The number of nitrogens with one attached hydrogen (secondary N) is 1. The number of aryl methyl sites for hydroxylation is 1. The van der Waals surface area contributed by atoms with E-state index in [1.54, 1.807) is 10.9 Å². The third-order valence-electron chi connectivity index (χ3n) is 2.33. The number of rotatable bonds is 3. The van der Waals surface area contributed by atoms with E-state index in [1.165, 1.54) is 18.5 Å². The molecule has 0 saturated carbocycles. The van der Waals surface area contributed by atoms with Crippen molar-refractivity contribution in [3.8, 4) is 0 Å². The van der Waals surface area contributed by atoms with Crippen LogP contribution in [0.3, 0.4) is 0 Å². The molecular formula is C11H11F3N4. The number of alkyl halides is 3. The summed E-state index contributed by atoms with van der Waals surface area (Å²) in [6.07, 6.45) is -0.0493. The van der Waals surface area contributed by atoms with Gasteiger partial charge in [0.2, 0.25) is 0 Å². The molecule has 2 aromatic heterocycles. The Morgan fingerprint density at radius 3 is 2.78 bits per heavy atom. The third-order valence-corrected chi connectivity index (χ3v) is 2.33. The maximum absolute atomic E-state index is 12.7. The molecule has 7 heteroatoms. The summed E-state index contributed by atoms with van der Waals surface area (Å²) in [6.45, 7) is 2.54. The fourth-order valence-corrected chi connectivity index (χ4v) is 1.47. The molecule has 2 aromatic rings. The van der Waals surface area contributed by atoms with Crippen molar-refractivity contribution in [3.63, 3.8) is 0 Å². The number of halogens is 3. The van der Waals surface area contributed by atoms with Crippen LogP contribution in [0.1, 0.15) is 12.5 Å². The van der Waals surface area contributed by atoms with Gasteiger partial charge in [0, 0.05) is 18.9 Å². The highest BCUT2D eigenvalue weighted by molar-refractivity contribution is 5.58. The minimum absolute atomic E-state index is 0.222. The Morgan fingerprint density at radius 2 is 2.17 bits per heavy atom. The zero-order valence-electron chi connectivity index (χ0n) is 9.57. The van der Waals surface area contributed by atoms with Crippen LogP contribution in [0.2, 0.25) is 0 Å². The first-order valence-electron chi connectivity index (χ1n) is 5.32. The van der Waals surface area contributed by atoms with E-state index in [9.17, 15) is 13.2 Å². The van der Waals surface area contributed by atoms with Gasteiger partial charge in [0.05, 0.1) is 17.4 Å². The molecule has 0 unspecified atom stereocenters. The van der Waals surface area contributed by atoms with Crippen molar-refractivity contribution in [2.75, 3.05) is 5.32 Å². The number of hydrogen-bond acceptors (Lipinski definition) is 3. The lowest BCUT2D eigenvalue weighted by atomic mass is 10.2. The zero-order valence-corrected chi connectivity index (χ0v) is 9.57. The second kappa shape index (κ2) is 4.67. The van der Waals surface area contributed by atoms with Crippen LogP contribution in [0.5, 0.6) is 0 Å². The largest absolute Gasteiger partial charge is 0.419 e. The van der Waals surface area contributed by atoms with E-state index >= 15 is 0 Å². The molecule has 0 saturated heterocycles. The van der Waals surface area contributed by atoms with E-state index in [0.717, 1.165) is 6.07 Å². The molecule has 0 aliphatic heterocycles. The highest BCUT2D eigenvalue weighted by Crippen LogP contribution is 2.34. The monoisotopic (exact) mass is 256 g/mol. The number of anilines is 2. The number of hydrogen-bond donors (Lipinski definition) is 1. The van der Waals surface area contributed by atoms with Gasteiger partial charge in [-0.15, -0.1) is 0 Å². The maximum Gasteiger partial charge on any atom is 0.419 e. The summed E-state index contributed by atoms with van der Waals surface area (Å²) in [5.74, 6) is -0.222. The molecule has 1 N–H and O–H groups in total. The zero-order chi connectivity index (χ0) is 13.2. The predicted molar refractivity (Wildman–Crippen MR) is 60.4 cm³/mol. The van der Waals surface area contributed by atoms with Crippen molar-refractivity contribution >= 4 is 11.5 Å². The van der Waals surface area contributed by atoms with Crippen LogP contribution >= 0.6 is 0 Å². The smallest absolute Gasteiger partial charge is 0.337 e. The van der Waals surface area contributed by atoms with Gasteiger partial charge in [-0.25, -0.2) is 4.98 Å². The molecule has 0 fully saturated rings. The lowest BCUT2D eigenvalue weighted by Gasteiger charge is -2.11. The molecule has 0 bridgehead atoms. The second-order valence-electron chi connectivity index (χ2n) is 3.61. The highest BCUT2D eigenvalue weighted by atomic mass is 19.4. The molecule has 0 atom stereocenters. The van der Waals surface area contributed by atoms with Gasteiger partial charge in [0.1, 0.15) is 5.82 Å². The first-order valence-corrected chi connectivity index (χ1v) is 5.32. The van der Waals surface area contributed by atoms with Crippen molar-refractivity contribution in [2.24, 2.45) is 0 Å². The van der Waals surface area contributed by atoms with Crippen molar-refractivity contribution in [2.45, 2.75) is 19.6 Å². The molecule has 96 valence electrons. The lowest BCUT2D eigenvalue weighted by molar-refractivity contribution is -0.137. The van der Waals surface area contributed by atoms with Crippen molar-refractivity contribution in [3.05, 3.63) is 36.3 Å². The molecule has 2 rings (SSSR count). The van der Waals surface area contributed by atoms with Gasteiger partial charge < -0.3 is 5.32 Å². The molecule has 4 nitrogen and oxygen atoms in total. The first kappa shape index (κ1) is 12.4. The molecule has 0 aliphatic rings. The predicted octanol–water partition coefficient (Wildman–Crippen LogP) is 3.06.